The topological polar surface area (TPSA) is 15.3 Å². The minimum atomic E-state index is 0.288. The molecule has 1 N–H and O–H groups in total. The van der Waals surface area contributed by atoms with Crippen molar-refractivity contribution in [2.45, 2.75) is 65.6 Å². The Labute approximate surface area is 142 Å². The highest BCUT2D eigenvalue weighted by molar-refractivity contribution is 9.10. The van der Waals surface area contributed by atoms with E-state index in [0.29, 0.717) is 11.5 Å². The van der Waals surface area contributed by atoms with Gasteiger partial charge in [-0.3, -0.25) is 4.90 Å². The van der Waals surface area contributed by atoms with Gasteiger partial charge in [0.2, 0.25) is 0 Å². The molecule has 120 valence electrons. The Hall–Kier alpha value is 0.1000. The number of thiophene rings is 1. The lowest BCUT2D eigenvalue weighted by atomic mass is 9.80. The molecule has 1 unspecified atom stereocenters. The fourth-order valence-electron chi connectivity index (χ4n) is 3.38. The highest BCUT2D eigenvalue weighted by Gasteiger charge is 2.41. The summed E-state index contributed by atoms with van der Waals surface area (Å²) < 4.78 is 1.21. The Kier molecular flexibility index (Phi) is 5.56. The molecule has 0 bridgehead atoms. The van der Waals surface area contributed by atoms with E-state index in [-0.39, 0.29) is 5.54 Å². The van der Waals surface area contributed by atoms with Crippen LogP contribution in [0.15, 0.2) is 15.9 Å². The van der Waals surface area contributed by atoms with E-state index >= 15 is 0 Å². The van der Waals surface area contributed by atoms with Crippen LogP contribution in [0.4, 0.5) is 0 Å². The first-order chi connectivity index (χ1) is 9.79. The van der Waals surface area contributed by atoms with Crippen molar-refractivity contribution in [1.29, 1.82) is 0 Å². The van der Waals surface area contributed by atoms with Crippen LogP contribution in [0, 0.1) is 5.41 Å². The lowest BCUT2D eigenvalue weighted by molar-refractivity contribution is 0.0137. The van der Waals surface area contributed by atoms with E-state index in [1.165, 1.54) is 22.2 Å². The summed E-state index contributed by atoms with van der Waals surface area (Å²) in [6.45, 7) is 15.0. The molecule has 1 aromatic heterocycles. The van der Waals surface area contributed by atoms with Crippen molar-refractivity contribution in [2.75, 3.05) is 13.1 Å². The molecular formula is C17H29BrN2S. The smallest absolute Gasteiger partial charge is 0.0332 e. The Balaban J connectivity index is 2.20. The van der Waals surface area contributed by atoms with Gasteiger partial charge in [0.15, 0.2) is 0 Å². The van der Waals surface area contributed by atoms with Crippen LogP contribution in [0.5, 0.6) is 0 Å². The van der Waals surface area contributed by atoms with Crippen molar-refractivity contribution in [3.05, 3.63) is 20.8 Å². The van der Waals surface area contributed by atoms with Crippen molar-refractivity contribution in [3.8, 4) is 0 Å². The lowest BCUT2D eigenvalue weighted by Crippen LogP contribution is -2.66. The molecule has 1 aliphatic rings. The average molecular weight is 373 g/mol. The first-order valence-electron chi connectivity index (χ1n) is 8.01. The molecule has 0 saturated carbocycles. The largest absolute Gasteiger partial charge is 0.308 e. The summed E-state index contributed by atoms with van der Waals surface area (Å²) in [6.07, 6.45) is 2.40. The van der Waals surface area contributed by atoms with E-state index in [9.17, 15) is 0 Å². The summed E-state index contributed by atoms with van der Waals surface area (Å²) in [6, 6.07) is 2.86. The van der Waals surface area contributed by atoms with E-state index in [2.05, 4.69) is 72.2 Å². The van der Waals surface area contributed by atoms with Gasteiger partial charge in [-0.1, -0.05) is 34.6 Å². The van der Waals surface area contributed by atoms with Crippen LogP contribution in [0.3, 0.4) is 0 Å². The SMILES string of the molecule is CCC1(CC)CN(Cc2cc(Br)cs2)C(C(C)(C)C)CN1. The summed E-state index contributed by atoms with van der Waals surface area (Å²) in [5.74, 6) is 0. The third-order valence-electron chi connectivity index (χ3n) is 4.95. The zero-order valence-corrected chi connectivity index (χ0v) is 16.4. The normalized spacial score (nSPS) is 23.4. The Morgan fingerprint density at radius 2 is 2.05 bits per heavy atom. The molecule has 4 heteroatoms. The van der Waals surface area contributed by atoms with E-state index in [1.807, 2.05) is 11.3 Å². The number of nitrogens with zero attached hydrogens (tertiary/aromatic N) is 1. The van der Waals surface area contributed by atoms with Gasteiger partial charge in [0, 0.05) is 45.9 Å². The highest BCUT2D eigenvalue weighted by Crippen LogP contribution is 2.33. The molecule has 1 aliphatic heterocycles. The molecule has 0 amide bonds. The van der Waals surface area contributed by atoms with Gasteiger partial charge in [-0.05, 0) is 40.3 Å². The minimum Gasteiger partial charge on any atom is -0.308 e. The maximum Gasteiger partial charge on any atom is 0.0332 e. The number of piperazine rings is 1. The fraction of sp³-hybridized carbons (Fsp3) is 0.765. The van der Waals surface area contributed by atoms with Gasteiger partial charge < -0.3 is 5.32 Å². The minimum absolute atomic E-state index is 0.288. The van der Waals surface area contributed by atoms with Gasteiger partial charge in [0.25, 0.3) is 0 Å². The molecule has 0 aliphatic carbocycles. The Bertz CT molecular complexity index is 460. The van der Waals surface area contributed by atoms with E-state index in [1.54, 1.807) is 0 Å². The second kappa shape index (κ2) is 6.69. The summed E-state index contributed by atoms with van der Waals surface area (Å²) >= 11 is 5.44. The molecule has 2 heterocycles. The number of nitrogens with one attached hydrogen (secondary N) is 1. The molecule has 1 saturated heterocycles. The van der Waals surface area contributed by atoms with Crippen LogP contribution in [0.25, 0.3) is 0 Å². The Morgan fingerprint density at radius 3 is 2.52 bits per heavy atom. The fourth-order valence-corrected chi connectivity index (χ4v) is 4.85. The van der Waals surface area contributed by atoms with Crippen molar-refractivity contribution >= 4 is 27.3 Å². The summed E-state index contributed by atoms with van der Waals surface area (Å²) in [4.78, 5) is 4.17. The maximum absolute atomic E-state index is 3.86. The summed E-state index contributed by atoms with van der Waals surface area (Å²) in [7, 11) is 0. The van der Waals surface area contributed by atoms with Crippen molar-refractivity contribution in [3.63, 3.8) is 0 Å². The zero-order valence-electron chi connectivity index (χ0n) is 14.0. The quantitative estimate of drug-likeness (QED) is 0.808. The van der Waals surface area contributed by atoms with Crippen LogP contribution in [0.2, 0.25) is 0 Å². The van der Waals surface area contributed by atoms with Gasteiger partial charge in [0.05, 0.1) is 0 Å². The van der Waals surface area contributed by atoms with Gasteiger partial charge in [0.1, 0.15) is 0 Å². The van der Waals surface area contributed by atoms with E-state index < -0.39 is 0 Å². The molecule has 0 aromatic carbocycles. The predicted molar refractivity (Wildman–Crippen MR) is 97.0 cm³/mol. The van der Waals surface area contributed by atoms with Gasteiger partial charge in [-0.2, -0.15) is 0 Å². The van der Waals surface area contributed by atoms with Crippen LogP contribution < -0.4 is 5.32 Å². The first-order valence-corrected chi connectivity index (χ1v) is 9.69. The molecule has 1 aromatic rings. The zero-order chi connectivity index (χ0) is 15.7. The summed E-state index contributed by atoms with van der Waals surface area (Å²) in [5, 5.41) is 6.05. The third kappa shape index (κ3) is 4.10. The van der Waals surface area contributed by atoms with Crippen molar-refractivity contribution in [2.24, 2.45) is 5.41 Å². The number of halogens is 1. The standard InChI is InChI=1S/C17H29BrN2S/c1-6-17(7-2)12-20(10-14-8-13(18)11-21-14)15(9-19-17)16(3,4)5/h8,11,15,19H,6-7,9-10,12H2,1-5H3. The Morgan fingerprint density at radius 1 is 1.38 bits per heavy atom. The van der Waals surface area contributed by atoms with Gasteiger partial charge in [-0.15, -0.1) is 11.3 Å². The number of hydrogen-bond donors (Lipinski definition) is 1. The van der Waals surface area contributed by atoms with Gasteiger partial charge >= 0.3 is 0 Å². The molecule has 2 rings (SSSR count). The van der Waals surface area contributed by atoms with Crippen LogP contribution in [-0.2, 0) is 6.54 Å². The second-order valence-electron chi connectivity index (χ2n) is 7.39. The number of rotatable bonds is 4. The molecular weight excluding hydrogens is 344 g/mol. The van der Waals surface area contributed by atoms with E-state index in [0.717, 1.165) is 19.6 Å². The monoisotopic (exact) mass is 372 g/mol. The molecule has 21 heavy (non-hydrogen) atoms. The molecule has 1 atom stereocenters. The molecule has 2 nitrogen and oxygen atoms in total. The second-order valence-corrected chi connectivity index (χ2v) is 9.30. The van der Waals surface area contributed by atoms with Crippen LogP contribution >= 0.6 is 27.3 Å². The van der Waals surface area contributed by atoms with Crippen LogP contribution in [-0.4, -0.2) is 29.6 Å². The number of hydrogen-bond acceptors (Lipinski definition) is 3. The predicted octanol–water partition coefficient (Wildman–Crippen LogP) is 4.89. The molecule has 0 radical (unpaired) electrons. The first kappa shape index (κ1) is 17.5. The summed E-state index contributed by atoms with van der Waals surface area (Å²) in [5.41, 5.74) is 0.589. The van der Waals surface area contributed by atoms with Gasteiger partial charge in [-0.25, -0.2) is 0 Å². The maximum atomic E-state index is 3.86. The van der Waals surface area contributed by atoms with Crippen molar-refractivity contribution < 1.29 is 0 Å². The highest BCUT2D eigenvalue weighted by atomic mass is 79.9. The van der Waals surface area contributed by atoms with E-state index in [4.69, 9.17) is 0 Å². The third-order valence-corrected chi connectivity index (χ3v) is 6.63. The van der Waals surface area contributed by atoms with Crippen molar-refractivity contribution in [1.82, 2.24) is 10.2 Å². The van der Waals surface area contributed by atoms with Crippen LogP contribution in [0.1, 0.15) is 52.3 Å². The molecule has 0 spiro atoms. The molecule has 1 fully saturated rings. The lowest BCUT2D eigenvalue weighted by Gasteiger charge is -2.51. The average Bonchev–Trinajstić information content (AvgIpc) is 2.82.